The number of benzene rings is 1. The average Bonchev–Trinajstić information content (AvgIpc) is 2.83. The van der Waals surface area contributed by atoms with Crippen molar-refractivity contribution in [3.05, 3.63) is 59.7 Å². The number of hydrogen-bond donors (Lipinski definition) is 1. The predicted molar refractivity (Wildman–Crippen MR) is 87.1 cm³/mol. The Morgan fingerprint density at radius 3 is 3.05 bits per heavy atom. The standard InChI is InChI=1S/C20H22O/c1-3-14-5-9-19-18-7-4-13-12-15(21)6-8-16(13)17(18)10-11-20(14,19)2/h3-8,12,17-19,21H,1,9-11H2,2H3. The summed E-state index contributed by atoms with van der Waals surface area (Å²) >= 11 is 0. The van der Waals surface area contributed by atoms with Crippen LogP contribution in [0.3, 0.4) is 0 Å². The number of phenols is 1. The van der Waals surface area contributed by atoms with Crippen LogP contribution >= 0.6 is 0 Å². The molecule has 1 N–H and O–H groups in total. The number of allylic oxidation sites excluding steroid dienone is 4. The summed E-state index contributed by atoms with van der Waals surface area (Å²) in [6, 6.07) is 5.87. The first-order valence-corrected chi connectivity index (χ1v) is 7.97. The Hall–Kier alpha value is -1.76. The van der Waals surface area contributed by atoms with E-state index in [0.717, 1.165) is 0 Å². The van der Waals surface area contributed by atoms with Crippen LogP contribution in [0.1, 0.15) is 43.2 Å². The van der Waals surface area contributed by atoms with Crippen LogP contribution in [0.2, 0.25) is 0 Å². The van der Waals surface area contributed by atoms with E-state index in [1.165, 1.54) is 36.0 Å². The van der Waals surface area contributed by atoms with E-state index in [4.69, 9.17) is 0 Å². The first-order valence-electron chi connectivity index (χ1n) is 7.97. The van der Waals surface area contributed by atoms with Gasteiger partial charge in [0.2, 0.25) is 0 Å². The van der Waals surface area contributed by atoms with Gasteiger partial charge in [-0.25, -0.2) is 0 Å². The van der Waals surface area contributed by atoms with Crippen LogP contribution in [0.25, 0.3) is 6.08 Å². The molecule has 108 valence electrons. The van der Waals surface area contributed by atoms with E-state index in [-0.39, 0.29) is 0 Å². The van der Waals surface area contributed by atoms with Gasteiger partial charge in [-0.2, -0.15) is 0 Å². The molecular formula is C20H22O. The van der Waals surface area contributed by atoms with Crippen molar-refractivity contribution in [2.24, 2.45) is 17.3 Å². The van der Waals surface area contributed by atoms with Crippen LogP contribution in [0.5, 0.6) is 5.75 Å². The molecule has 3 aliphatic carbocycles. The number of fused-ring (bicyclic) bond motifs is 5. The molecule has 0 bridgehead atoms. The lowest BCUT2D eigenvalue weighted by atomic mass is 9.56. The third-order valence-electron chi connectivity index (χ3n) is 6.16. The molecule has 4 atom stereocenters. The summed E-state index contributed by atoms with van der Waals surface area (Å²) in [7, 11) is 0. The Balaban J connectivity index is 1.74. The molecule has 1 saturated carbocycles. The van der Waals surface area contributed by atoms with E-state index < -0.39 is 0 Å². The van der Waals surface area contributed by atoms with E-state index in [0.29, 0.717) is 28.9 Å². The number of phenolic OH excluding ortho intramolecular Hbond substituents is 1. The molecule has 4 unspecified atom stereocenters. The van der Waals surface area contributed by atoms with Gasteiger partial charge in [-0.05, 0) is 71.3 Å². The Labute approximate surface area is 126 Å². The zero-order chi connectivity index (χ0) is 14.6. The molecule has 0 radical (unpaired) electrons. The Kier molecular flexibility index (Phi) is 2.69. The molecule has 0 spiro atoms. The molecule has 1 fully saturated rings. The number of hydrogen-bond acceptors (Lipinski definition) is 1. The van der Waals surface area contributed by atoms with Gasteiger partial charge in [-0.15, -0.1) is 0 Å². The van der Waals surface area contributed by atoms with Crippen LogP contribution in [0, 0.1) is 17.3 Å². The lowest BCUT2D eigenvalue weighted by Gasteiger charge is -2.48. The minimum absolute atomic E-state index is 0.307. The molecule has 0 saturated heterocycles. The smallest absolute Gasteiger partial charge is 0.116 e. The van der Waals surface area contributed by atoms with Crippen molar-refractivity contribution in [1.82, 2.24) is 0 Å². The van der Waals surface area contributed by atoms with E-state index in [9.17, 15) is 5.11 Å². The minimum Gasteiger partial charge on any atom is -0.508 e. The van der Waals surface area contributed by atoms with E-state index >= 15 is 0 Å². The van der Waals surface area contributed by atoms with Gasteiger partial charge in [-0.1, -0.05) is 43.9 Å². The van der Waals surface area contributed by atoms with Gasteiger partial charge < -0.3 is 5.11 Å². The lowest BCUT2D eigenvalue weighted by molar-refractivity contribution is 0.117. The van der Waals surface area contributed by atoms with Crippen LogP contribution in [-0.4, -0.2) is 5.11 Å². The summed E-state index contributed by atoms with van der Waals surface area (Å²) in [4.78, 5) is 0. The highest BCUT2D eigenvalue weighted by molar-refractivity contribution is 5.61. The van der Waals surface area contributed by atoms with Crippen molar-refractivity contribution in [1.29, 1.82) is 0 Å². The molecule has 1 heteroatoms. The van der Waals surface area contributed by atoms with Gasteiger partial charge in [0, 0.05) is 0 Å². The van der Waals surface area contributed by atoms with E-state index in [1.807, 2.05) is 12.1 Å². The fourth-order valence-corrected chi connectivity index (χ4v) is 5.01. The van der Waals surface area contributed by atoms with Crippen molar-refractivity contribution < 1.29 is 5.11 Å². The van der Waals surface area contributed by atoms with Gasteiger partial charge >= 0.3 is 0 Å². The summed E-state index contributed by atoms with van der Waals surface area (Å²) in [6.45, 7) is 6.44. The molecule has 1 aromatic carbocycles. The summed E-state index contributed by atoms with van der Waals surface area (Å²) < 4.78 is 0. The second-order valence-corrected chi connectivity index (χ2v) is 7.02. The van der Waals surface area contributed by atoms with Crippen LogP contribution in [0.15, 0.2) is 48.6 Å². The lowest BCUT2D eigenvalue weighted by Crippen LogP contribution is -2.39. The van der Waals surface area contributed by atoms with Gasteiger partial charge in [0.1, 0.15) is 5.75 Å². The van der Waals surface area contributed by atoms with Gasteiger partial charge in [0.25, 0.3) is 0 Å². The maximum Gasteiger partial charge on any atom is 0.116 e. The third kappa shape index (κ3) is 1.70. The molecule has 0 amide bonds. The maximum absolute atomic E-state index is 9.69. The SMILES string of the molecule is C=CC1=CCC2C3C=Cc4cc(O)ccc4C3CCC12C. The van der Waals surface area contributed by atoms with Crippen LogP contribution in [-0.2, 0) is 0 Å². The third-order valence-corrected chi connectivity index (χ3v) is 6.16. The summed E-state index contributed by atoms with van der Waals surface area (Å²) in [5.41, 5.74) is 4.39. The Morgan fingerprint density at radius 1 is 1.38 bits per heavy atom. The molecule has 1 nitrogen and oxygen atoms in total. The molecule has 3 aliphatic rings. The Bertz CT molecular complexity index is 666. The quantitative estimate of drug-likeness (QED) is 0.762. The molecular weight excluding hydrogens is 256 g/mol. The zero-order valence-corrected chi connectivity index (χ0v) is 12.5. The maximum atomic E-state index is 9.69. The molecule has 21 heavy (non-hydrogen) atoms. The second kappa shape index (κ2) is 4.37. The van der Waals surface area contributed by atoms with E-state index in [2.05, 4.69) is 43.9 Å². The monoisotopic (exact) mass is 278 g/mol. The highest BCUT2D eigenvalue weighted by atomic mass is 16.3. The van der Waals surface area contributed by atoms with Crippen molar-refractivity contribution in [3.8, 4) is 5.75 Å². The number of aromatic hydroxyl groups is 1. The van der Waals surface area contributed by atoms with Crippen molar-refractivity contribution in [3.63, 3.8) is 0 Å². The second-order valence-electron chi connectivity index (χ2n) is 7.02. The van der Waals surface area contributed by atoms with Crippen molar-refractivity contribution in [2.45, 2.75) is 32.1 Å². The molecule has 0 aliphatic heterocycles. The van der Waals surface area contributed by atoms with Gasteiger partial charge in [-0.3, -0.25) is 0 Å². The predicted octanol–water partition coefficient (Wildman–Crippen LogP) is 5.05. The van der Waals surface area contributed by atoms with Crippen molar-refractivity contribution >= 4 is 6.08 Å². The first kappa shape index (κ1) is 12.9. The normalized spacial score (nSPS) is 36.4. The molecule has 4 rings (SSSR count). The van der Waals surface area contributed by atoms with Crippen LogP contribution < -0.4 is 0 Å². The molecule has 1 aromatic rings. The molecule has 0 heterocycles. The fourth-order valence-electron chi connectivity index (χ4n) is 5.01. The van der Waals surface area contributed by atoms with Crippen LogP contribution in [0.4, 0.5) is 0 Å². The van der Waals surface area contributed by atoms with Gasteiger partial charge in [0.15, 0.2) is 0 Å². The van der Waals surface area contributed by atoms with E-state index in [1.54, 1.807) is 0 Å². The highest BCUT2D eigenvalue weighted by Gasteiger charge is 2.50. The summed E-state index contributed by atoms with van der Waals surface area (Å²) in [6.07, 6.45) is 12.7. The topological polar surface area (TPSA) is 20.2 Å². The van der Waals surface area contributed by atoms with Gasteiger partial charge in [0.05, 0.1) is 0 Å². The highest BCUT2D eigenvalue weighted by Crippen LogP contribution is 2.60. The van der Waals surface area contributed by atoms with Crippen molar-refractivity contribution in [2.75, 3.05) is 0 Å². The average molecular weight is 278 g/mol. The fraction of sp³-hybridized carbons (Fsp3) is 0.400. The number of rotatable bonds is 1. The molecule has 0 aromatic heterocycles. The minimum atomic E-state index is 0.307. The zero-order valence-electron chi connectivity index (χ0n) is 12.5. The largest absolute Gasteiger partial charge is 0.508 e. The summed E-state index contributed by atoms with van der Waals surface area (Å²) in [5.74, 6) is 2.30. The first-order chi connectivity index (χ1) is 10.1. The summed E-state index contributed by atoms with van der Waals surface area (Å²) in [5, 5.41) is 9.69. The Morgan fingerprint density at radius 2 is 2.24 bits per heavy atom.